The fourth-order valence-corrected chi connectivity index (χ4v) is 4.70. The normalized spacial score (nSPS) is 16.4. The van der Waals surface area contributed by atoms with E-state index in [9.17, 15) is 8.78 Å². The summed E-state index contributed by atoms with van der Waals surface area (Å²) in [5.41, 5.74) is 2.71. The predicted octanol–water partition coefficient (Wildman–Crippen LogP) is 5.94. The van der Waals surface area contributed by atoms with Crippen molar-refractivity contribution < 1.29 is 13.3 Å². The maximum absolute atomic E-state index is 14.0. The van der Waals surface area contributed by atoms with E-state index in [1.807, 2.05) is 54.8 Å². The van der Waals surface area contributed by atoms with Gasteiger partial charge in [-0.15, -0.1) is 11.3 Å². The van der Waals surface area contributed by atoms with Crippen molar-refractivity contribution >= 4 is 39.9 Å². The molecule has 0 spiro atoms. The standard InChI is InChI=1S/C23H16F2N4OS2/c1-13-19(22-27-21(28-30-22)18-8-5-11-32-18)20(14-6-3-2-4-7-14)26-23(31)29(13)15-9-10-16(24)17(25)12-15/h2-12,20H,1H3,(H,26,31). The number of anilines is 1. The molecule has 1 N–H and O–H groups in total. The van der Waals surface area contributed by atoms with E-state index in [2.05, 4.69) is 15.5 Å². The molecule has 32 heavy (non-hydrogen) atoms. The van der Waals surface area contributed by atoms with E-state index in [0.29, 0.717) is 33.8 Å². The van der Waals surface area contributed by atoms with Gasteiger partial charge < -0.3 is 9.84 Å². The van der Waals surface area contributed by atoms with E-state index in [4.69, 9.17) is 16.7 Å². The summed E-state index contributed by atoms with van der Waals surface area (Å²) in [7, 11) is 0. The molecular formula is C23H16F2N4OS2. The molecule has 1 aliphatic heterocycles. The third-order valence-corrected chi connectivity index (χ3v) is 6.34. The first-order valence-electron chi connectivity index (χ1n) is 9.72. The largest absolute Gasteiger partial charge is 0.351 e. The second kappa shape index (κ2) is 8.25. The van der Waals surface area contributed by atoms with Gasteiger partial charge in [0, 0.05) is 11.8 Å². The molecule has 0 amide bonds. The van der Waals surface area contributed by atoms with Gasteiger partial charge in [-0.2, -0.15) is 4.98 Å². The highest BCUT2D eigenvalue weighted by Gasteiger charge is 2.35. The van der Waals surface area contributed by atoms with Crippen LogP contribution in [0, 0.1) is 11.6 Å². The first kappa shape index (κ1) is 20.5. The Labute approximate surface area is 192 Å². The SMILES string of the molecule is CC1=C(c2nc(-c3cccs3)no2)C(c2ccccc2)NC(=S)N1c1ccc(F)c(F)c1. The molecule has 4 aromatic rings. The summed E-state index contributed by atoms with van der Waals surface area (Å²) in [5, 5.41) is 9.73. The van der Waals surface area contributed by atoms with Crippen LogP contribution < -0.4 is 10.2 Å². The number of thiocarbonyl (C=S) groups is 1. The minimum Gasteiger partial charge on any atom is -0.351 e. The number of aromatic nitrogens is 2. The molecule has 0 aliphatic carbocycles. The number of rotatable bonds is 4. The van der Waals surface area contributed by atoms with E-state index in [1.165, 1.54) is 17.4 Å². The Hall–Kier alpha value is -3.43. The number of halogens is 2. The Kier molecular flexibility index (Phi) is 5.28. The lowest BCUT2D eigenvalue weighted by molar-refractivity contribution is 0.404. The van der Waals surface area contributed by atoms with Crippen molar-refractivity contribution in [2.75, 3.05) is 4.90 Å². The van der Waals surface area contributed by atoms with Crippen molar-refractivity contribution in [3.8, 4) is 10.7 Å². The fraction of sp³-hybridized carbons (Fsp3) is 0.0870. The average molecular weight is 467 g/mol. The van der Waals surface area contributed by atoms with Crippen molar-refractivity contribution in [1.82, 2.24) is 15.5 Å². The van der Waals surface area contributed by atoms with Crippen molar-refractivity contribution in [3.63, 3.8) is 0 Å². The zero-order valence-electron chi connectivity index (χ0n) is 16.8. The molecule has 3 heterocycles. The molecule has 9 heteroatoms. The molecule has 0 saturated heterocycles. The number of nitrogens with zero attached hydrogens (tertiary/aromatic N) is 3. The molecule has 0 saturated carbocycles. The van der Waals surface area contributed by atoms with Crippen LogP contribution in [0.3, 0.4) is 0 Å². The summed E-state index contributed by atoms with van der Waals surface area (Å²) in [5.74, 6) is -1.08. The number of thiophene rings is 1. The van der Waals surface area contributed by atoms with Gasteiger partial charge in [0.2, 0.25) is 5.82 Å². The maximum Gasteiger partial charge on any atom is 0.258 e. The first-order valence-corrected chi connectivity index (χ1v) is 11.0. The van der Waals surface area contributed by atoms with E-state index in [0.717, 1.165) is 22.6 Å². The van der Waals surface area contributed by atoms with Gasteiger partial charge in [0.25, 0.3) is 5.89 Å². The zero-order valence-corrected chi connectivity index (χ0v) is 18.4. The molecule has 0 radical (unpaired) electrons. The molecule has 0 bridgehead atoms. The highest BCUT2D eigenvalue weighted by Crippen LogP contribution is 2.39. The summed E-state index contributed by atoms with van der Waals surface area (Å²) >= 11 is 7.12. The van der Waals surface area contributed by atoms with Crippen LogP contribution in [-0.4, -0.2) is 15.3 Å². The van der Waals surface area contributed by atoms with Crippen LogP contribution in [0.5, 0.6) is 0 Å². The minimum atomic E-state index is -0.956. The first-order chi connectivity index (χ1) is 15.5. The topological polar surface area (TPSA) is 54.2 Å². The van der Waals surface area contributed by atoms with Gasteiger partial charge in [-0.3, -0.25) is 4.90 Å². The van der Waals surface area contributed by atoms with Gasteiger partial charge in [-0.25, -0.2) is 8.78 Å². The third-order valence-electron chi connectivity index (χ3n) is 5.18. The Balaban J connectivity index is 1.67. The zero-order chi connectivity index (χ0) is 22.2. The fourth-order valence-electron chi connectivity index (χ4n) is 3.69. The van der Waals surface area contributed by atoms with Crippen LogP contribution in [-0.2, 0) is 0 Å². The summed E-state index contributed by atoms with van der Waals surface area (Å²) in [4.78, 5) is 7.14. The molecule has 5 nitrogen and oxygen atoms in total. The lowest BCUT2D eigenvalue weighted by Gasteiger charge is -2.37. The van der Waals surface area contributed by atoms with E-state index < -0.39 is 11.6 Å². The predicted molar refractivity (Wildman–Crippen MR) is 124 cm³/mol. The van der Waals surface area contributed by atoms with Gasteiger partial charge in [-0.1, -0.05) is 41.6 Å². The Morgan fingerprint density at radius 2 is 1.88 bits per heavy atom. The van der Waals surface area contributed by atoms with Crippen LogP contribution in [0.1, 0.15) is 24.4 Å². The maximum atomic E-state index is 14.0. The van der Waals surface area contributed by atoms with Gasteiger partial charge >= 0.3 is 0 Å². The van der Waals surface area contributed by atoms with Gasteiger partial charge in [-0.05, 0) is 48.3 Å². The van der Waals surface area contributed by atoms with Gasteiger partial charge in [0.05, 0.1) is 22.2 Å². The van der Waals surface area contributed by atoms with E-state index in [-0.39, 0.29) is 6.04 Å². The highest BCUT2D eigenvalue weighted by molar-refractivity contribution is 7.80. The van der Waals surface area contributed by atoms with Gasteiger partial charge in [0.1, 0.15) is 0 Å². The Morgan fingerprint density at radius 3 is 2.59 bits per heavy atom. The summed E-state index contributed by atoms with van der Waals surface area (Å²) in [6.45, 7) is 1.84. The molecule has 5 rings (SSSR count). The highest BCUT2D eigenvalue weighted by atomic mass is 32.1. The third kappa shape index (κ3) is 3.59. The van der Waals surface area contributed by atoms with Crippen LogP contribution >= 0.6 is 23.6 Å². The smallest absolute Gasteiger partial charge is 0.258 e. The number of allylic oxidation sites excluding steroid dienone is 1. The van der Waals surface area contributed by atoms with Crippen LogP contribution in [0.15, 0.2) is 76.3 Å². The summed E-state index contributed by atoms with van der Waals surface area (Å²) in [6.07, 6.45) is 0. The second-order valence-electron chi connectivity index (χ2n) is 7.13. The molecule has 1 aliphatic rings. The second-order valence-corrected chi connectivity index (χ2v) is 8.46. The molecule has 2 aromatic carbocycles. The summed E-state index contributed by atoms with van der Waals surface area (Å²) in [6, 6.07) is 16.9. The van der Waals surface area contributed by atoms with Crippen molar-refractivity contribution in [1.29, 1.82) is 0 Å². The number of hydrogen-bond donors (Lipinski definition) is 1. The average Bonchev–Trinajstić information content (AvgIpc) is 3.48. The number of benzene rings is 2. The quantitative estimate of drug-likeness (QED) is 0.376. The minimum absolute atomic E-state index is 0.322. The lowest BCUT2D eigenvalue weighted by Crippen LogP contribution is -2.46. The van der Waals surface area contributed by atoms with Crippen LogP contribution in [0.25, 0.3) is 16.3 Å². The van der Waals surface area contributed by atoms with Crippen molar-refractivity contribution in [2.24, 2.45) is 0 Å². The van der Waals surface area contributed by atoms with Crippen LogP contribution in [0.4, 0.5) is 14.5 Å². The van der Waals surface area contributed by atoms with Gasteiger partial charge in [0.15, 0.2) is 16.7 Å². The molecule has 160 valence electrons. The van der Waals surface area contributed by atoms with Crippen molar-refractivity contribution in [3.05, 3.63) is 94.8 Å². The molecular weight excluding hydrogens is 450 g/mol. The molecule has 1 atom stereocenters. The molecule has 1 unspecified atom stereocenters. The van der Waals surface area contributed by atoms with E-state index in [1.54, 1.807) is 4.90 Å². The number of nitrogens with one attached hydrogen (secondary N) is 1. The van der Waals surface area contributed by atoms with E-state index >= 15 is 0 Å². The monoisotopic (exact) mass is 466 g/mol. The molecule has 0 fully saturated rings. The van der Waals surface area contributed by atoms with Crippen molar-refractivity contribution in [2.45, 2.75) is 13.0 Å². The Morgan fingerprint density at radius 1 is 1.06 bits per heavy atom. The Bertz CT molecular complexity index is 1320. The lowest BCUT2D eigenvalue weighted by atomic mass is 9.94. The number of hydrogen-bond acceptors (Lipinski definition) is 5. The summed E-state index contributed by atoms with van der Waals surface area (Å²) < 4.78 is 33.2. The van der Waals surface area contributed by atoms with Crippen LogP contribution in [0.2, 0.25) is 0 Å². The molecule has 2 aromatic heterocycles.